The van der Waals surface area contributed by atoms with Crippen molar-refractivity contribution in [1.82, 2.24) is 4.90 Å². The van der Waals surface area contributed by atoms with Crippen molar-refractivity contribution in [3.8, 4) is 0 Å². The lowest BCUT2D eigenvalue weighted by Gasteiger charge is -2.27. The van der Waals surface area contributed by atoms with E-state index in [0.717, 1.165) is 30.8 Å². The number of aliphatic hydroxyl groups is 1. The molecule has 0 spiro atoms. The Morgan fingerprint density at radius 3 is 2.88 bits per heavy atom. The van der Waals surface area contributed by atoms with Gasteiger partial charge in [-0.2, -0.15) is 0 Å². The molecule has 1 saturated carbocycles. The van der Waals surface area contributed by atoms with Crippen LogP contribution >= 0.6 is 11.6 Å². The maximum absolute atomic E-state index is 9.82. The first-order valence-electron chi connectivity index (χ1n) is 5.79. The predicted octanol–water partition coefficient (Wildman–Crippen LogP) is 2.69. The summed E-state index contributed by atoms with van der Waals surface area (Å²) in [5.41, 5.74) is 1.20. The molecule has 3 heteroatoms. The Hall–Kier alpha value is -0.570. The monoisotopic (exact) mass is 239 g/mol. The fourth-order valence-corrected chi connectivity index (χ4v) is 2.69. The van der Waals surface area contributed by atoms with E-state index in [1.807, 2.05) is 18.2 Å². The Morgan fingerprint density at radius 2 is 2.25 bits per heavy atom. The van der Waals surface area contributed by atoms with E-state index in [9.17, 15) is 5.11 Å². The van der Waals surface area contributed by atoms with E-state index < -0.39 is 0 Å². The zero-order valence-corrected chi connectivity index (χ0v) is 10.3. The molecule has 1 aromatic rings. The second-order valence-corrected chi connectivity index (χ2v) is 5.05. The lowest BCUT2D eigenvalue weighted by Crippen LogP contribution is -2.36. The summed E-state index contributed by atoms with van der Waals surface area (Å²) in [7, 11) is 2.07. The summed E-state index contributed by atoms with van der Waals surface area (Å²) >= 11 is 5.95. The summed E-state index contributed by atoms with van der Waals surface area (Å²) in [6.45, 7) is 0.849. The van der Waals surface area contributed by atoms with Crippen molar-refractivity contribution in [2.75, 3.05) is 7.05 Å². The Bertz CT molecular complexity index is 356. The van der Waals surface area contributed by atoms with E-state index in [2.05, 4.69) is 18.0 Å². The highest BCUT2D eigenvalue weighted by molar-refractivity contribution is 6.30. The molecular formula is C13H18ClNO. The van der Waals surface area contributed by atoms with Crippen LogP contribution < -0.4 is 0 Å². The maximum atomic E-state index is 9.82. The highest BCUT2D eigenvalue weighted by Crippen LogP contribution is 2.24. The Balaban J connectivity index is 1.99. The Morgan fingerprint density at radius 1 is 1.44 bits per heavy atom. The van der Waals surface area contributed by atoms with Crippen molar-refractivity contribution in [1.29, 1.82) is 0 Å². The van der Waals surface area contributed by atoms with Gasteiger partial charge in [-0.1, -0.05) is 23.7 Å². The standard InChI is InChI=1S/C13H18ClNO/c1-15(12-6-3-7-13(12)16)9-10-4-2-5-11(14)8-10/h2,4-5,8,12-13,16H,3,6-7,9H2,1H3. The molecule has 1 aromatic carbocycles. The Labute approximate surface area is 102 Å². The molecule has 16 heavy (non-hydrogen) atoms. The van der Waals surface area contributed by atoms with Crippen molar-refractivity contribution in [2.45, 2.75) is 38.0 Å². The van der Waals surface area contributed by atoms with Crippen LogP contribution in [0.1, 0.15) is 24.8 Å². The maximum Gasteiger partial charge on any atom is 0.0695 e. The van der Waals surface area contributed by atoms with Gasteiger partial charge in [-0.15, -0.1) is 0 Å². The van der Waals surface area contributed by atoms with Crippen LogP contribution in [0.5, 0.6) is 0 Å². The molecule has 1 aliphatic rings. The molecule has 2 rings (SSSR count). The van der Waals surface area contributed by atoms with Crippen LogP contribution in [0.3, 0.4) is 0 Å². The molecule has 1 fully saturated rings. The van der Waals surface area contributed by atoms with E-state index in [0.29, 0.717) is 6.04 Å². The third-order valence-corrected chi connectivity index (χ3v) is 3.57. The van der Waals surface area contributed by atoms with Gasteiger partial charge in [-0.25, -0.2) is 0 Å². The summed E-state index contributed by atoms with van der Waals surface area (Å²) in [5, 5.41) is 10.6. The summed E-state index contributed by atoms with van der Waals surface area (Å²) < 4.78 is 0. The Kier molecular flexibility index (Phi) is 3.85. The minimum Gasteiger partial charge on any atom is -0.391 e. The fourth-order valence-electron chi connectivity index (χ4n) is 2.48. The van der Waals surface area contributed by atoms with Crippen molar-refractivity contribution < 1.29 is 5.11 Å². The van der Waals surface area contributed by atoms with Gasteiger partial charge in [0.05, 0.1) is 6.10 Å². The number of benzene rings is 1. The number of halogens is 1. The molecule has 0 amide bonds. The van der Waals surface area contributed by atoms with Crippen LogP contribution in [0.2, 0.25) is 5.02 Å². The van der Waals surface area contributed by atoms with Crippen molar-refractivity contribution >= 4 is 11.6 Å². The molecule has 0 aromatic heterocycles. The lowest BCUT2D eigenvalue weighted by molar-refractivity contribution is 0.0825. The van der Waals surface area contributed by atoms with Crippen LogP contribution in [0.4, 0.5) is 0 Å². The molecule has 0 radical (unpaired) electrons. The van der Waals surface area contributed by atoms with Gasteiger partial charge in [-0.05, 0) is 44.0 Å². The normalized spacial score (nSPS) is 25.2. The van der Waals surface area contributed by atoms with Gasteiger partial charge < -0.3 is 5.11 Å². The highest BCUT2D eigenvalue weighted by atomic mass is 35.5. The van der Waals surface area contributed by atoms with E-state index in [-0.39, 0.29) is 6.10 Å². The van der Waals surface area contributed by atoms with E-state index in [4.69, 9.17) is 11.6 Å². The molecular weight excluding hydrogens is 222 g/mol. The van der Waals surface area contributed by atoms with Gasteiger partial charge in [0.2, 0.25) is 0 Å². The molecule has 0 heterocycles. The van der Waals surface area contributed by atoms with Crippen LogP contribution in [-0.4, -0.2) is 29.2 Å². The predicted molar refractivity (Wildman–Crippen MR) is 66.6 cm³/mol. The first kappa shape index (κ1) is 11.9. The van der Waals surface area contributed by atoms with Gasteiger partial charge in [-0.3, -0.25) is 4.90 Å². The molecule has 1 aliphatic carbocycles. The van der Waals surface area contributed by atoms with E-state index >= 15 is 0 Å². The second kappa shape index (κ2) is 5.17. The number of rotatable bonds is 3. The first-order valence-corrected chi connectivity index (χ1v) is 6.17. The largest absolute Gasteiger partial charge is 0.391 e. The van der Waals surface area contributed by atoms with E-state index in [1.54, 1.807) is 0 Å². The third-order valence-electron chi connectivity index (χ3n) is 3.33. The molecule has 88 valence electrons. The molecule has 0 aliphatic heterocycles. The van der Waals surface area contributed by atoms with Crippen molar-refractivity contribution in [2.24, 2.45) is 0 Å². The molecule has 2 unspecified atom stereocenters. The number of aliphatic hydroxyl groups excluding tert-OH is 1. The molecule has 0 saturated heterocycles. The van der Waals surface area contributed by atoms with Crippen LogP contribution in [0.25, 0.3) is 0 Å². The second-order valence-electron chi connectivity index (χ2n) is 4.61. The van der Waals surface area contributed by atoms with E-state index in [1.165, 1.54) is 5.56 Å². The molecule has 0 bridgehead atoms. The van der Waals surface area contributed by atoms with Gasteiger partial charge in [0.1, 0.15) is 0 Å². The molecule has 1 N–H and O–H groups in total. The molecule has 2 atom stereocenters. The quantitative estimate of drug-likeness (QED) is 0.877. The summed E-state index contributed by atoms with van der Waals surface area (Å²) in [4.78, 5) is 2.23. The van der Waals surface area contributed by atoms with Crippen LogP contribution in [0, 0.1) is 0 Å². The number of hydrogen-bond donors (Lipinski definition) is 1. The lowest BCUT2D eigenvalue weighted by atomic mass is 10.1. The van der Waals surface area contributed by atoms with Gasteiger partial charge in [0.25, 0.3) is 0 Å². The SMILES string of the molecule is CN(Cc1cccc(Cl)c1)C1CCCC1O. The average Bonchev–Trinajstić information content (AvgIpc) is 2.64. The summed E-state index contributed by atoms with van der Waals surface area (Å²) in [6, 6.07) is 8.22. The fraction of sp³-hybridized carbons (Fsp3) is 0.538. The summed E-state index contributed by atoms with van der Waals surface area (Å²) in [5.74, 6) is 0. The highest BCUT2D eigenvalue weighted by Gasteiger charge is 2.28. The number of nitrogens with zero attached hydrogens (tertiary/aromatic N) is 1. The minimum absolute atomic E-state index is 0.163. The zero-order valence-electron chi connectivity index (χ0n) is 9.56. The summed E-state index contributed by atoms with van der Waals surface area (Å²) in [6.07, 6.45) is 3.00. The zero-order chi connectivity index (χ0) is 11.5. The minimum atomic E-state index is -0.163. The van der Waals surface area contributed by atoms with Crippen molar-refractivity contribution in [3.05, 3.63) is 34.9 Å². The van der Waals surface area contributed by atoms with Crippen LogP contribution in [-0.2, 0) is 6.54 Å². The smallest absolute Gasteiger partial charge is 0.0695 e. The topological polar surface area (TPSA) is 23.5 Å². The first-order chi connectivity index (χ1) is 7.66. The third kappa shape index (κ3) is 2.76. The van der Waals surface area contributed by atoms with Gasteiger partial charge in [0, 0.05) is 17.6 Å². The number of hydrogen-bond acceptors (Lipinski definition) is 2. The average molecular weight is 240 g/mol. The molecule has 2 nitrogen and oxygen atoms in total. The van der Waals surface area contributed by atoms with Gasteiger partial charge in [0.15, 0.2) is 0 Å². The van der Waals surface area contributed by atoms with Crippen molar-refractivity contribution in [3.63, 3.8) is 0 Å². The van der Waals surface area contributed by atoms with Gasteiger partial charge >= 0.3 is 0 Å². The number of likely N-dealkylation sites (N-methyl/N-ethyl adjacent to an activating group) is 1. The van der Waals surface area contributed by atoms with Crippen LogP contribution in [0.15, 0.2) is 24.3 Å².